The van der Waals surface area contributed by atoms with Gasteiger partial charge in [-0.2, -0.15) is 0 Å². The van der Waals surface area contributed by atoms with Gasteiger partial charge in [-0.25, -0.2) is 0 Å². The molecule has 0 spiro atoms. The summed E-state index contributed by atoms with van der Waals surface area (Å²) in [7, 11) is 6.06. The molecule has 0 radical (unpaired) electrons. The van der Waals surface area contributed by atoms with Crippen LogP contribution in [0.15, 0.2) is 48.7 Å². The van der Waals surface area contributed by atoms with Crippen molar-refractivity contribution in [1.82, 2.24) is 9.47 Å². The molecule has 1 atom stereocenters. The number of methoxy groups -OCH3 is 1. The number of ether oxygens (including phenoxy) is 1. The van der Waals surface area contributed by atoms with Crippen LogP contribution in [0.1, 0.15) is 5.56 Å². The van der Waals surface area contributed by atoms with Gasteiger partial charge in [0.25, 0.3) is 0 Å². The topological polar surface area (TPSA) is 17.4 Å². The highest BCUT2D eigenvalue weighted by atomic mass is 16.5. The Bertz CT molecular complexity index is 863. The normalized spacial score (nSPS) is 17.0. The Kier molecular flexibility index (Phi) is 3.38. The van der Waals surface area contributed by atoms with E-state index in [4.69, 9.17) is 4.74 Å². The summed E-state index contributed by atoms with van der Waals surface area (Å²) in [4.78, 5) is 2.33. The van der Waals surface area contributed by atoms with Crippen molar-refractivity contribution in [2.24, 2.45) is 0 Å². The lowest BCUT2D eigenvalue weighted by Crippen LogP contribution is -2.36. The molecule has 1 aromatic heterocycles. The van der Waals surface area contributed by atoms with Crippen LogP contribution >= 0.6 is 0 Å². The molecule has 0 aliphatic carbocycles. The summed E-state index contributed by atoms with van der Waals surface area (Å²) in [6.07, 6.45) is 3.42. The fraction of sp³-hybridized carbons (Fsp3) is 0.300. The van der Waals surface area contributed by atoms with E-state index >= 15 is 0 Å². The summed E-state index contributed by atoms with van der Waals surface area (Å²) in [5, 5.41) is 1.34. The first kappa shape index (κ1) is 14.3. The van der Waals surface area contributed by atoms with E-state index in [0.717, 1.165) is 18.7 Å². The Labute approximate surface area is 137 Å². The average Bonchev–Trinajstić information content (AvgIpc) is 2.95. The van der Waals surface area contributed by atoms with Crippen molar-refractivity contribution in [2.45, 2.75) is 19.0 Å². The number of nitrogens with zero attached hydrogens (tertiary/aromatic N) is 2. The van der Waals surface area contributed by atoms with E-state index in [0.29, 0.717) is 6.04 Å². The number of rotatable bonds is 3. The number of hydrogen-bond acceptors (Lipinski definition) is 2. The van der Waals surface area contributed by atoms with E-state index < -0.39 is 0 Å². The van der Waals surface area contributed by atoms with Crippen LogP contribution in [0, 0.1) is 0 Å². The van der Waals surface area contributed by atoms with Gasteiger partial charge in [0.05, 0.1) is 12.6 Å². The van der Waals surface area contributed by atoms with Crippen LogP contribution in [0.2, 0.25) is 0 Å². The molecular formula is C20H22N2O. The molecule has 3 aromatic rings. The van der Waals surface area contributed by atoms with Crippen molar-refractivity contribution in [2.75, 3.05) is 21.2 Å². The fourth-order valence-corrected chi connectivity index (χ4v) is 3.66. The second-order valence-corrected chi connectivity index (χ2v) is 6.56. The van der Waals surface area contributed by atoms with E-state index in [1.54, 1.807) is 7.11 Å². The van der Waals surface area contributed by atoms with Gasteiger partial charge < -0.3 is 14.2 Å². The number of likely N-dealkylation sites (N-methyl/N-ethyl adjacent to an activating group) is 1. The van der Waals surface area contributed by atoms with Crippen molar-refractivity contribution in [3.8, 4) is 16.9 Å². The van der Waals surface area contributed by atoms with Gasteiger partial charge in [0.2, 0.25) is 0 Å². The molecule has 0 fully saturated rings. The van der Waals surface area contributed by atoms with Gasteiger partial charge in [0, 0.05) is 29.7 Å². The number of aromatic nitrogens is 1. The quantitative estimate of drug-likeness (QED) is 0.732. The maximum atomic E-state index is 5.39. The van der Waals surface area contributed by atoms with Crippen molar-refractivity contribution in [1.29, 1.82) is 0 Å². The Morgan fingerprint density at radius 2 is 1.96 bits per heavy atom. The van der Waals surface area contributed by atoms with Crippen LogP contribution in [0.4, 0.5) is 0 Å². The zero-order valence-electron chi connectivity index (χ0n) is 13.9. The minimum absolute atomic E-state index is 0.554. The summed E-state index contributed by atoms with van der Waals surface area (Å²) in [6, 6.07) is 15.6. The van der Waals surface area contributed by atoms with Gasteiger partial charge in [0.15, 0.2) is 0 Å². The van der Waals surface area contributed by atoms with E-state index in [-0.39, 0.29) is 0 Å². The zero-order valence-corrected chi connectivity index (χ0v) is 13.9. The highest BCUT2D eigenvalue weighted by Gasteiger charge is 2.23. The lowest BCUT2D eigenvalue weighted by molar-refractivity contribution is 0.258. The predicted molar refractivity (Wildman–Crippen MR) is 95.1 cm³/mol. The molecule has 3 nitrogen and oxygen atoms in total. The Morgan fingerprint density at radius 3 is 2.74 bits per heavy atom. The van der Waals surface area contributed by atoms with Gasteiger partial charge >= 0.3 is 0 Å². The molecule has 0 amide bonds. The lowest BCUT2D eigenvalue weighted by Gasteiger charge is -2.29. The molecule has 0 saturated heterocycles. The van der Waals surface area contributed by atoms with E-state index in [9.17, 15) is 0 Å². The first-order chi connectivity index (χ1) is 11.2. The summed E-state index contributed by atoms with van der Waals surface area (Å²) in [5.41, 5.74) is 5.35. The number of hydrogen-bond donors (Lipinski definition) is 0. The maximum Gasteiger partial charge on any atom is 0.119 e. The van der Waals surface area contributed by atoms with E-state index in [1.807, 2.05) is 6.07 Å². The average molecular weight is 306 g/mol. The monoisotopic (exact) mass is 306 g/mol. The van der Waals surface area contributed by atoms with Crippen LogP contribution in [-0.4, -0.2) is 36.7 Å². The highest BCUT2D eigenvalue weighted by Crippen LogP contribution is 2.36. The predicted octanol–water partition coefficient (Wildman–Crippen LogP) is 3.80. The fourth-order valence-electron chi connectivity index (χ4n) is 3.66. The minimum atomic E-state index is 0.554. The molecule has 118 valence electrons. The van der Waals surface area contributed by atoms with Crippen molar-refractivity contribution >= 4 is 10.9 Å². The third-order valence-electron chi connectivity index (χ3n) is 4.96. The van der Waals surface area contributed by atoms with E-state index in [2.05, 4.69) is 66.2 Å². The van der Waals surface area contributed by atoms with Crippen molar-refractivity contribution in [3.63, 3.8) is 0 Å². The van der Waals surface area contributed by atoms with Gasteiger partial charge in [-0.05, 0) is 43.8 Å². The molecule has 23 heavy (non-hydrogen) atoms. The Morgan fingerprint density at radius 1 is 1.13 bits per heavy atom. The molecule has 1 aliphatic heterocycles. The molecule has 2 heterocycles. The van der Waals surface area contributed by atoms with E-state index in [1.165, 1.54) is 27.6 Å². The molecular weight excluding hydrogens is 284 g/mol. The highest BCUT2D eigenvalue weighted by molar-refractivity contribution is 5.98. The molecule has 2 aromatic carbocycles. The van der Waals surface area contributed by atoms with Gasteiger partial charge in [-0.3, -0.25) is 0 Å². The molecule has 0 bridgehead atoms. The minimum Gasteiger partial charge on any atom is -0.497 e. The van der Waals surface area contributed by atoms with Gasteiger partial charge in [0.1, 0.15) is 5.75 Å². The maximum absolute atomic E-state index is 5.39. The number of para-hydroxylation sites is 1. The van der Waals surface area contributed by atoms with Crippen LogP contribution in [0.5, 0.6) is 5.75 Å². The summed E-state index contributed by atoms with van der Waals surface area (Å²) in [5.74, 6) is 0.903. The standard InChI is InChI=1S/C20H22N2O/c1-21(2)16-10-15-7-5-9-18-19(13-22(12-16)20(15)18)14-6-4-8-17(11-14)23-3/h4-9,11,13,16H,10,12H2,1-3H3. The molecule has 0 saturated carbocycles. The third-order valence-corrected chi connectivity index (χ3v) is 4.96. The first-order valence-electron chi connectivity index (χ1n) is 8.09. The second kappa shape index (κ2) is 5.43. The summed E-state index contributed by atoms with van der Waals surface area (Å²) < 4.78 is 7.82. The van der Waals surface area contributed by atoms with Crippen molar-refractivity contribution < 1.29 is 4.74 Å². The van der Waals surface area contributed by atoms with Crippen LogP contribution in [-0.2, 0) is 13.0 Å². The van der Waals surface area contributed by atoms with Gasteiger partial charge in [-0.1, -0.05) is 30.3 Å². The second-order valence-electron chi connectivity index (χ2n) is 6.56. The molecule has 1 aliphatic rings. The van der Waals surface area contributed by atoms with Gasteiger partial charge in [-0.15, -0.1) is 0 Å². The van der Waals surface area contributed by atoms with Crippen molar-refractivity contribution in [3.05, 3.63) is 54.2 Å². The molecule has 4 rings (SSSR count). The van der Waals surface area contributed by atoms with Crippen LogP contribution in [0.25, 0.3) is 22.0 Å². The van der Waals surface area contributed by atoms with Crippen LogP contribution in [0.3, 0.4) is 0 Å². The Balaban J connectivity index is 1.90. The third kappa shape index (κ3) is 2.32. The number of benzene rings is 2. The summed E-state index contributed by atoms with van der Waals surface area (Å²) >= 11 is 0. The summed E-state index contributed by atoms with van der Waals surface area (Å²) in [6.45, 7) is 1.05. The lowest BCUT2D eigenvalue weighted by atomic mass is 9.97. The smallest absolute Gasteiger partial charge is 0.119 e. The Hall–Kier alpha value is -2.26. The van der Waals surface area contributed by atoms with Crippen LogP contribution < -0.4 is 4.74 Å². The SMILES string of the molecule is COc1cccc(-c2cn3c4c(cccc24)CC(N(C)C)C3)c1. The molecule has 3 heteroatoms. The first-order valence-corrected chi connectivity index (χ1v) is 8.09. The molecule has 0 N–H and O–H groups in total. The zero-order chi connectivity index (χ0) is 16.0. The largest absolute Gasteiger partial charge is 0.497 e. The molecule has 1 unspecified atom stereocenters.